The number of anilines is 1. The van der Waals surface area contributed by atoms with Crippen molar-refractivity contribution in [3.05, 3.63) is 48.4 Å². The third kappa shape index (κ3) is 2.67. The highest BCUT2D eigenvalue weighted by Crippen LogP contribution is 2.22. The second-order valence-electron chi connectivity index (χ2n) is 6.80. The Morgan fingerprint density at radius 2 is 2.04 bits per heavy atom. The number of para-hydroxylation sites is 1. The average molecular weight is 362 g/mol. The van der Waals surface area contributed by atoms with Gasteiger partial charge < -0.3 is 10.2 Å². The molecule has 1 saturated heterocycles. The van der Waals surface area contributed by atoms with Gasteiger partial charge in [0.15, 0.2) is 11.3 Å². The molecule has 4 aromatic rings. The van der Waals surface area contributed by atoms with Crippen molar-refractivity contribution in [3.8, 4) is 0 Å². The van der Waals surface area contributed by atoms with E-state index in [4.69, 9.17) is 0 Å². The third-order valence-corrected chi connectivity index (χ3v) is 4.95. The maximum atomic E-state index is 12.6. The summed E-state index contributed by atoms with van der Waals surface area (Å²) in [6.07, 6.45) is 1.59. The van der Waals surface area contributed by atoms with Crippen LogP contribution in [0.2, 0.25) is 0 Å². The van der Waals surface area contributed by atoms with Crippen molar-refractivity contribution >= 4 is 28.3 Å². The highest BCUT2D eigenvalue weighted by molar-refractivity contribution is 6.04. The van der Waals surface area contributed by atoms with Crippen LogP contribution in [0.15, 0.2) is 42.7 Å². The van der Waals surface area contributed by atoms with Crippen molar-refractivity contribution in [2.75, 3.05) is 24.5 Å². The standard InChI is InChI=1S/C18H18N8O/c1-24-14-5-3-2-4-13(14)17(23-24)18(27)19-8-12-9-25(10-12)16-7-6-15-21-20-11-26(15)22-16/h2-7,11-12H,8-10H2,1H3,(H,19,27). The molecule has 27 heavy (non-hydrogen) atoms. The maximum absolute atomic E-state index is 12.6. The quantitative estimate of drug-likeness (QED) is 0.579. The Balaban J connectivity index is 1.21. The van der Waals surface area contributed by atoms with E-state index in [1.165, 1.54) is 0 Å². The van der Waals surface area contributed by atoms with Crippen molar-refractivity contribution in [2.24, 2.45) is 13.0 Å². The summed E-state index contributed by atoms with van der Waals surface area (Å²) in [5.74, 6) is 1.15. The number of nitrogens with one attached hydrogen (secondary N) is 1. The Morgan fingerprint density at radius 1 is 1.19 bits per heavy atom. The van der Waals surface area contributed by atoms with Crippen LogP contribution in [0.3, 0.4) is 0 Å². The minimum absolute atomic E-state index is 0.130. The van der Waals surface area contributed by atoms with Gasteiger partial charge in [0.25, 0.3) is 5.91 Å². The van der Waals surface area contributed by atoms with Gasteiger partial charge in [0.1, 0.15) is 12.1 Å². The Morgan fingerprint density at radius 3 is 2.93 bits per heavy atom. The first kappa shape index (κ1) is 15.7. The van der Waals surface area contributed by atoms with Gasteiger partial charge in [-0.3, -0.25) is 9.48 Å². The van der Waals surface area contributed by atoms with Crippen LogP contribution in [0.4, 0.5) is 5.82 Å². The molecule has 1 aliphatic rings. The number of hydrogen-bond acceptors (Lipinski definition) is 6. The monoisotopic (exact) mass is 362 g/mol. The van der Waals surface area contributed by atoms with Gasteiger partial charge in [-0.05, 0) is 18.2 Å². The topological polar surface area (TPSA) is 93.2 Å². The molecule has 0 atom stereocenters. The van der Waals surface area contributed by atoms with Gasteiger partial charge in [-0.15, -0.1) is 15.3 Å². The predicted molar refractivity (Wildman–Crippen MR) is 99.5 cm³/mol. The zero-order valence-corrected chi connectivity index (χ0v) is 14.8. The van der Waals surface area contributed by atoms with Crippen molar-refractivity contribution in [3.63, 3.8) is 0 Å². The number of aryl methyl sites for hydroxylation is 1. The van der Waals surface area contributed by atoms with Gasteiger partial charge in [-0.2, -0.15) is 9.61 Å². The van der Waals surface area contributed by atoms with E-state index >= 15 is 0 Å². The van der Waals surface area contributed by atoms with Gasteiger partial charge in [0, 0.05) is 38.0 Å². The number of carbonyl (C=O) groups excluding carboxylic acids is 1. The van der Waals surface area contributed by atoms with Gasteiger partial charge in [0.2, 0.25) is 0 Å². The van der Waals surface area contributed by atoms with Gasteiger partial charge in [-0.1, -0.05) is 18.2 Å². The first-order chi connectivity index (χ1) is 13.2. The van der Waals surface area contributed by atoms with E-state index in [1.807, 2.05) is 43.4 Å². The molecule has 9 nitrogen and oxygen atoms in total. The number of aromatic nitrogens is 6. The summed E-state index contributed by atoms with van der Waals surface area (Å²) in [7, 11) is 1.85. The van der Waals surface area contributed by atoms with Crippen LogP contribution in [0, 0.1) is 5.92 Å². The second kappa shape index (κ2) is 6.04. The Bertz CT molecular complexity index is 1140. The minimum Gasteiger partial charge on any atom is -0.354 e. The van der Waals surface area contributed by atoms with Crippen molar-refractivity contribution < 1.29 is 4.79 Å². The van der Waals surface area contributed by atoms with Crippen molar-refractivity contribution in [1.82, 2.24) is 34.9 Å². The fraction of sp³-hybridized carbons (Fsp3) is 0.278. The normalized spacial score (nSPS) is 14.6. The van der Waals surface area contributed by atoms with Crippen LogP contribution in [0.5, 0.6) is 0 Å². The lowest BCUT2D eigenvalue weighted by Gasteiger charge is -2.40. The van der Waals surface area contributed by atoms with E-state index in [0.29, 0.717) is 18.2 Å². The SMILES string of the molecule is Cn1nc(C(=O)NCC2CN(c3ccc4nncn4n3)C2)c2ccccc21. The molecule has 1 amide bonds. The molecular formula is C18H18N8O. The van der Waals surface area contributed by atoms with Crippen molar-refractivity contribution in [1.29, 1.82) is 0 Å². The number of hydrogen-bond donors (Lipinski definition) is 1. The summed E-state index contributed by atoms with van der Waals surface area (Å²) < 4.78 is 3.40. The third-order valence-electron chi connectivity index (χ3n) is 4.95. The van der Waals surface area contributed by atoms with Gasteiger partial charge in [0.05, 0.1) is 5.52 Å². The lowest BCUT2D eigenvalue weighted by Crippen LogP contribution is -2.52. The van der Waals surface area contributed by atoms with Crippen LogP contribution in [0.25, 0.3) is 16.6 Å². The maximum Gasteiger partial charge on any atom is 0.272 e. The van der Waals surface area contributed by atoms with Crippen LogP contribution in [0.1, 0.15) is 10.5 Å². The molecule has 0 spiro atoms. The lowest BCUT2D eigenvalue weighted by atomic mass is 10.00. The highest BCUT2D eigenvalue weighted by Gasteiger charge is 2.29. The smallest absolute Gasteiger partial charge is 0.272 e. The molecule has 0 unspecified atom stereocenters. The number of nitrogens with zero attached hydrogens (tertiary/aromatic N) is 7. The first-order valence-electron chi connectivity index (χ1n) is 8.81. The van der Waals surface area contributed by atoms with E-state index < -0.39 is 0 Å². The molecule has 3 aromatic heterocycles. The molecule has 9 heteroatoms. The van der Waals surface area contributed by atoms with Gasteiger partial charge in [-0.25, -0.2) is 0 Å². The number of fused-ring (bicyclic) bond motifs is 2. The second-order valence-corrected chi connectivity index (χ2v) is 6.80. The largest absolute Gasteiger partial charge is 0.354 e. The lowest BCUT2D eigenvalue weighted by molar-refractivity contribution is 0.0940. The number of amides is 1. The molecule has 0 saturated carbocycles. The summed E-state index contributed by atoms with van der Waals surface area (Å²) in [6.45, 7) is 2.32. The molecule has 1 aromatic carbocycles. The Hall–Kier alpha value is -3.49. The molecule has 4 heterocycles. The van der Waals surface area contributed by atoms with Crippen LogP contribution in [-0.2, 0) is 7.05 Å². The molecule has 0 bridgehead atoms. The molecule has 1 fully saturated rings. The van der Waals surface area contributed by atoms with Crippen LogP contribution >= 0.6 is 0 Å². The van der Waals surface area contributed by atoms with Crippen LogP contribution < -0.4 is 10.2 Å². The summed E-state index contributed by atoms with van der Waals surface area (Å²) in [4.78, 5) is 14.7. The number of carbonyl (C=O) groups is 1. The zero-order chi connectivity index (χ0) is 18.4. The van der Waals surface area contributed by atoms with E-state index in [2.05, 4.69) is 30.6 Å². The average Bonchev–Trinajstić information content (AvgIpc) is 3.25. The predicted octanol–water partition coefficient (Wildman–Crippen LogP) is 0.877. The summed E-state index contributed by atoms with van der Waals surface area (Å²) in [5, 5.41) is 20.5. The van der Waals surface area contributed by atoms with E-state index in [0.717, 1.165) is 35.5 Å². The minimum atomic E-state index is -0.130. The summed E-state index contributed by atoms with van der Waals surface area (Å²) >= 11 is 0. The number of benzene rings is 1. The molecule has 0 aliphatic carbocycles. The summed E-state index contributed by atoms with van der Waals surface area (Å²) in [5.41, 5.74) is 2.16. The van der Waals surface area contributed by atoms with E-state index in [1.54, 1.807) is 15.5 Å². The van der Waals surface area contributed by atoms with Crippen molar-refractivity contribution in [2.45, 2.75) is 0 Å². The molecule has 0 radical (unpaired) electrons. The molecular weight excluding hydrogens is 344 g/mol. The highest BCUT2D eigenvalue weighted by atomic mass is 16.1. The number of rotatable bonds is 4. The molecule has 136 valence electrons. The molecule has 1 N–H and O–H groups in total. The Kier molecular flexibility index (Phi) is 3.52. The van der Waals surface area contributed by atoms with Gasteiger partial charge >= 0.3 is 0 Å². The van der Waals surface area contributed by atoms with E-state index in [-0.39, 0.29) is 5.91 Å². The van der Waals surface area contributed by atoms with Crippen LogP contribution in [-0.4, -0.2) is 55.1 Å². The molecule has 1 aliphatic heterocycles. The molecule has 5 rings (SSSR count). The van der Waals surface area contributed by atoms with E-state index in [9.17, 15) is 4.79 Å². The zero-order valence-electron chi connectivity index (χ0n) is 14.8. The summed E-state index contributed by atoms with van der Waals surface area (Å²) in [6, 6.07) is 11.6. The first-order valence-corrected chi connectivity index (χ1v) is 8.81. The fourth-order valence-electron chi connectivity index (χ4n) is 3.48. The fourth-order valence-corrected chi connectivity index (χ4v) is 3.48. The Labute approximate surface area is 154 Å².